The van der Waals surface area contributed by atoms with Gasteiger partial charge < -0.3 is 5.32 Å². The topological polar surface area (TPSA) is 90.5 Å². The second-order valence-electron chi connectivity index (χ2n) is 7.98. The maximum atomic E-state index is 12.9. The Labute approximate surface area is 174 Å². The van der Waals surface area contributed by atoms with Crippen molar-refractivity contribution in [3.8, 4) is 5.95 Å². The Kier molecular flexibility index (Phi) is 5.14. The summed E-state index contributed by atoms with van der Waals surface area (Å²) in [5.41, 5.74) is 2.26. The van der Waals surface area contributed by atoms with Gasteiger partial charge in [0, 0.05) is 41.8 Å². The molecule has 0 fully saturated rings. The largest absolute Gasteiger partial charge is 0.306 e. The molecule has 0 saturated heterocycles. The quantitative estimate of drug-likeness (QED) is 0.553. The molecule has 0 saturated carbocycles. The normalized spacial score (nSPS) is 11.4. The molecular weight excluding hydrogens is 378 g/mol. The maximum absolute atomic E-state index is 12.9. The molecule has 0 bridgehead atoms. The zero-order valence-electron chi connectivity index (χ0n) is 17.1. The summed E-state index contributed by atoms with van der Waals surface area (Å²) in [6.45, 7) is 6.85. The highest BCUT2D eigenvalue weighted by atomic mass is 16.1. The Hall–Kier alpha value is -3.81. The highest BCUT2D eigenvalue weighted by molar-refractivity contribution is 6.04. The first-order valence-electron chi connectivity index (χ1n) is 9.66. The summed E-state index contributed by atoms with van der Waals surface area (Å²) in [4.78, 5) is 21.4. The molecule has 3 aromatic heterocycles. The fraction of sp³-hybridized carbons (Fsp3) is 0.227. The van der Waals surface area contributed by atoms with Crippen LogP contribution in [0.1, 0.15) is 42.4 Å². The van der Waals surface area contributed by atoms with Gasteiger partial charge in [0.2, 0.25) is 0 Å². The van der Waals surface area contributed by atoms with Crippen LogP contribution in [0.3, 0.4) is 0 Å². The average Bonchev–Trinajstić information content (AvgIpc) is 3.39. The van der Waals surface area contributed by atoms with Crippen LogP contribution in [0, 0.1) is 0 Å². The molecule has 4 aromatic rings. The molecule has 8 nitrogen and oxygen atoms in total. The van der Waals surface area contributed by atoms with Gasteiger partial charge in [-0.1, -0.05) is 32.9 Å². The Morgan fingerprint density at radius 2 is 1.77 bits per heavy atom. The minimum absolute atomic E-state index is 0.187. The van der Waals surface area contributed by atoms with E-state index >= 15 is 0 Å². The lowest BCUT2D eigenvalue weighted by atomic mass is 9.92. The summed E-state index contributed by atoms with van der Waals surface area (Å²) in [6, 6.07) is 12.9. The lowest BCUT2D eigenvalue weighted by molar-refractivity contribution is 0.102. The first kappa shape index (κ1) is 19.5. The van der Waals surface area contributed by atoms with Gasteiger partial charge in [-0.15, -0.1) is 0 Å². The van der Waals surface area contributed by atoms with Crippen LogP contribution in [0.4, 0.5) is 5.82 Å². The van der Waals surface area contributed by atoms with E-state index in [-0.39, 0.29) is 11.3 Å². The van der Waals surface area contributed by atoms with Crippen LogP contribution >= 0.6 is 0 Å². The highest BCUT2D eigenvalue weighted by Crippen LogP contribution is 2.25. The third-order valence-corrected chi connectivity index (χ3v) is 4.58. The molecule has 1 N–H and O–H groups in total. The Bertz CT molecular complexity index is 1120. The van der Waals surface area contributed by atoms with Crippen molar-refractivity contribution in [2.24, 2.45) is 0 Å². The van der Waals surface area contributed by atoms with Gasteiger partial charge >= 0.3 is 0 Å². The summed E-state index contributed by atoms with van der Waals surface area (Å²) in [5, 5.41) is 11.8. The van der Waals surface area contributed by atoms with E-state index in [2.05, 4.69) is 46.3 Å². The van der Waals surface area contributed by atoms with Crippen LogP contribution < -0.4 is 5.32 Å². The minimum atomic E-state index is -0.224. The van der Waals surface area contributed by atoms with Crippen molar-refractivity contribution in [1.82, 2.24) is 29.5 Å². The molecule has 3 heterocycles. The van der Waals surface area contributed by atoms with Crippen LogP contribution in [-0.2, 0) is 12.0 Å². The zero-order chi connectivity index (χ0) is 21.1. The van der Waals surface area contributed by atoms with Crippen LogP contribution in [0.25, 0.3) is 5.95 Å². The van der Waals surface area contributed by atoms with Gasteiger partial charge in [-0.2, -0.15) is 14.9 Å². The molecule has 1 amide bonds. The Morgan fingerprint density at radius 3 is 2.40 bits per heavy atom. The molecule has 0 unspecified atom stereocenters. The number of hydrogen-bond donors (Lipinski definition) is 1. The van der Waals surface area contributed by atoms with E-state index in [9.17, 15) is 4.79 Å². The van der Waals surface area contributed by atoms with Gasteiger partial charge in [0.05, 0.1) is 12.2 Å². The summed E-state index contributed by atoms with van der Waals surface area (Å²) >= 11 is 0. The van der Waals surface area contributed by atoms with Crippen molar-refractivity contribution in [1.29, 1.82) is 0 Å². The van der Waals surface area contributed by atoms with E-state index in [1.807, 2.05) is 35.1 Å². The Morgan fingerprint density at radius 1 is 1.03 bits per heavy atom. The molecule has 0 aliphatic carbocycles. The van der Waals surface area contributed by atoms with Crippen molar-refractivity contribution in [3.05, 3.63) is 84.1 Å². The smallest absolute Gasteiger partial charge is 0.256 e. The van der Waals surface area contributed by atoms with Gasteiger partial charge in [0.15, 0.2) is 0 Å². The zero-order valence-corrected chi connectivity index (χ0v) is 17.1. The van der Waals surface area contributed by atoms with Crippen molar-refractivity contribution >= 4 is 11.7 Å². The lowest BCUT2D eigenvalue weighted by Gasteiger charge is -2.13. The van der Waals surface area contributed by atoms with E-state index in [0.29, 0.717) is 23.9 Å². The van der Waals surface area contributed by atoms with Crippen molar-refractivity contribution < 1.29 is 4.79 Å². The molecule has 0 aliphatic heterocycles. The molecule has 8 heteroatoms. The van der Waals surface area contributed by atoms with Crippen LogP contribution in [0.2, 0.25) is 0 Å². The number of carbonyl (C=O) groups excluding carboxylic acids is 1. The van der Waals surface area contributed by atoms with E-state index in [1.165, 1.54) is 0 Å². The second kappa shape index (κ2) is 7.90. The number of aromatic nitrogens is 6. The number of carbonyl (C=O) groups is 1. The monoisotopic (exact) mass is 401 g/mol. The van der Waals surface area contributed by atoms with E-state index in [4.69, 9.17) is 0 Å². The fourth-order valence-corrected chi connectivity index (χ4v) is 2.92. The SMILES string of the molecule is CC(C)(C)c1cc(NC(=O)c2ccc(Cn3cccn3)cc2)n(-c2ncccn2)n1. The number of hydrogen-bond acceptors (Lipinski definition) is 5. The number of benzene rings is 1. The molecule has 30 heavy (non-hydrogen) atoms. The van der Waals surface area contributed by atoms with E-state index < -0.39 is 0 Å². The number of nitrogens with one attached hydrogen (secondary N) is 1. The van der Waals surface area contributed by atoms with E-state index in [0.717, 1.165) is 11.3 Å². The third-order valence-electron chi connectivity index (χ3n) is 4.58. The van der Waals surface area contributed by atoms with Crippen molar-refractivity contribution in [3.63, 3.8) is 0 Å². The molecule has 4 rings (SSSR count). The Balaban J connectivity index is 1.57. The number of rotatable bonds is 5. The summed E-state index contributed by atoms with van der Waals surface area (Å²) in [5.74, 6) is 0.702. The molecule has 0 radical (unpaired) electrons. The summed E-state index contributed by atoms with van der Waals surface area (Å²) < 4.78 is 3.39. The first-order chi connectivity index (χ1) is 14.4. The number of anilines is 1. The molecular formula is C22H23N7O. The molecule has 0 atom stereocenters. The van der Waals surface area contributed by atoms with Crippen LogP contribution in [-0.4, -0.2) is 35.4 Å². The predicted molar refractivity (Wildman–Crippen MR) is 114 cm³/mol. The second-order valence-corrected chi connectivity index (χ2v) is 7.98. The summed E-state index contributed by atoms with van der Waals surface area (Å²) in [7, 11) is 0. The van der Waals surface area contributed by atoms with Gasteiger partial charge in [-0.25, -0.2) is 9.97 Å². The van der Waals surface area contributed by atoms with Crippen molar-refractivity contribution in [2.75, 3.05) is 5.32 Å². The highest BCUT2D eigenvalue weighted by Gasteiger charge is 2.22. The van der Waals surface area contributed by atoms with E-state index in [1.54, 1.807) is 41.5 Å². The standard InChI is InChI=1S/C22H23N7O/c1-22(2,3)18-14-19(29(27-18)21-23-10-4-11-24-21)26-20(30)17-8-6-16(7-9-17)15-28-13-5-12-25-28/h4-14H,15H2,1-3H3,(H,26,30). The van der Waals surface area contributed by atoms with Crippen molar-refractivity contribution in [2.45, 2.75) is 32.7 Å². The lowest BCUT2D eigenvalue weighted by Crippen LogP contribution is -2.16. The van der Waals surface area contributed by atoms with Crippen LogP contribution in [0.15, 0.2) is 67.3 Å². The molecule has 0 spiro atoms. The first-order valence-corrected chi connectivity index (χ1v) is 9.66. The van der Waals surface area contributed by atoms with Gasteiger partial charge in [-0.05, 0) is 29.8 Å². The third kappa shape index (κ3) is 4.27. The molecule has 1 aromatic carbocycles. The van der Waals surface area contributed by atoms with Gasteiger partial charge in [0.1, 0.15) is 5.82 Å². The summed E-state index contributed by atoms with van der Waals surface area (Å²) in [6.07, 6.45) is 6.93. The number of nitrogens with zero attached hydrogens (tertiary/aromatic N) is 6. The van der Waals surface area contributed by atoms with Gasteiger partial charge in [-0.3, -0.25) is 9.48 Å². The minimum Gasteiger partial charge on any atom is -0.306 e. The molecule has 0 aliphatic rings. The number of amides is 1. The predicted octanol–water partition coefficient (Wildman–Crippen LogP) is 3.46. The van der Waals surface area contributed by atoms with Gasteiger partial charge in [0.25, 0.3) is 11.9 Å². The molecule has 152 valence electrons. The van der Waals surface area contributed by atoms with Crippen LogP contribution in [0.5, 0.6) is 0 Å². The maximum Gasteiger partial charge on any atom is 0.256 e. The fourth-order valence-electron chi connectivity index (χ4n) is 2.92. The average molecular weight is 401 g/mol.